The molecule has 74 valence electrons. The molecule has 0 amide bonds. The molecule has 0 aliphatic carbocycles. The van der Waals surface area contributed by atoms with Crippen LogP contribution in [-0.2, 0) is 36.9 Å². The number of aliphatic hydroxyl groups is 1. The molecule has 0 aliphatic heterocycles. The van der Waals surface area contributed by atoms with Crippen LogP contribution < -0.4 is 0 Å². The van der Waals surface area contributed by atoms with Gasteiger partial charge in [-0.3, -0.25) is 0 Å². The first-order chi connectivity index (χ1) is 5.18. The maximum Gasteiger partial charge on any atom is 0 e. The topological polar surface area (TPSA) is 37.3 Å². The minimum absolute atomic E-state index is 0. The van der Waals surface area contributed by atoms with Crippen LogP contribution in [0.25, 0.3) is 0 Å². The molecule has 0 bridgehead atoms. The smallest absolute Gasteiger partial charge is 0 e. The summed E-state index contributed by atoms with van der Waals surface area (Å²) in [5.74, 6) is -0.00926. The number of hydrogen-bond acceptors (Lipinski definition) is 2. The van der Waals surface area contributed by atoms with Crippen molar-refractivity contribution in [3.8, 4) is 0 Å². The average molecular weight is 256 g/mol. The molecule has 0 saturated heterocycles. The summed E-state index contributed by atoms with van der Waals surface area (Å²) in [7, 11) is 0. The maximum atomic E-state index is 9.25. The first-order valence-corrected chi connectivity index (χ1v) is 3.37. The van der Waals surface area contributed by atoms with Crippen LogP contribution in [0.3, 0.4) is 0 Å². The van der Waals surface area contributed by atoms with E-state index in [1.165, 1.54) is 13.2 Å². The van der Waals surface area contributed by atoms with Crippen molar-refractivity contribution in [2.45, 2.75) is 6.92 Å². The third-order valence-electron chi connectivity index (χ3n) is 0.468. The zero-order valence-corrected chi connectivity index (χ0v) is 8.62. The summed E-state index contributed by atoms with van der Waals surface area (Å²) in [5.41, 5.74) is 0. The van der Waals surface area contributed by atoms with Crippen LogP contribution in [0.1, 0.15) is 6.92 Å². The summed E-state index contributed by atoms with van der Waals surface area (Å²) >= 11 is 3.79. The van der Waals surface area contributed by atoms with Gasteiger partial charge in [-0.1, -0.05) is 12.7 Å². The van der Waals surface area contributed by atoms with Gasteiger partial charge in [0.25, 0.3) is 0 Å². The van der Waals surface area contributed by atoms with Gasteiger partial charge in [-0.2, -0.15) is 6.08 Å². The first-order valence-electron chi connectivity index (χ1n) is 2.77. The van der Waals surface area contributed by atoms with Crippen LogP contribution in [0.4, 0.5) is 0 Å². The summed E-state index contributed by atoms with van der Waals surface area (Å²) in [6, 6.07) is 0. The minimum atomic E-state index is -0.00926. The standard InChI is InChI=1S/C4H5O2.C4H5.2Co/c1-4(6)2-3-5;1-3-4-2;;/h2,6H,1H3;1,3-4H,2H2;;/q2*-1;;/b4-2+;4-3-;;. The van der Waals surface area contributed by atoms with Crippen molar-refractivity contribution in [1.29, 1.82) is 0 Å². The molecule has 2 nitrogen and oxygen atoms in total. The normalized spacial score (nSPS) is 9.33. The van der Waals surface area contributed by atoms with Crippen LogP contribution >= 0.6 is 0 Å². The SMILES string of the molecule is C/C(O)=C\[C-]=O.[CH2-]/C=C\[CH]=[Co].[Co]. The molecule has 4 heteroatoms. The maximum absolute atomic E-state index is 9.25. The second-order valence-corrected chi connectivity index (χ2v) is 1.79. The molecule has 0 saturated carbocycles. The molecule has 1 N–H and O–H groups in total. The van der Waals surface area contributed by atoms with E-state index < -0.39 is 0 Å². The van der Waals surface area contributed by atoms with E-state index in [2.05, 4.69) is 22.2 Å². The molecule has 1 radical (unpaired) electrons. The third-order valence-corrected chi connectivity index (χ3v) is 0.668. The van der Waals surface area contributed by atoms with E-state index >= 15 is 0 Å². The number of hydrogen-bond donors (Lipinski definition) is 1. The van der Waals surface area contributed by atoms with Crippen molar-refractivity contribution in [2.24, 2.45) is 0 Å². The van der Waals surface area contributed by atoms with Crippen LogP contribution in [-0.4, -0.2) is 16.4 Å². The summed E-state index contributed by atoms with van der Waals surface area (Å²) < 4.78 is 0. The Morgan fingerprint density at radius 1 is 1.67 bits per heavy atom. The van der Waals surface area contributed by atoms with Crippen molar-refractivity contribution in [3.63, 3.8) is 0 Å². The molecule has 12 heavy (non-hydrogen) atoms. The second-order valence-electron chi connectivity index (χ2n) is 1.44. The summed E-state index contributed by atoms with van der Waals surface area (Å²) in [5, 5.41) is 8.15. The second kappa shape index (κ2) is 17.0. The van der Waals surface area contributed by atoms with Crippen molar-refractivity contribution >= 4 is 11.2 Å². The molecule has 0 aromatic carbocycles. The minimum Gasteiger partial charge on any atom is 0 e. The summed E-state index contributed by atoms with van der Waals surface area (Å²) in [6.45, 7) is 4.82. The van der Waals surface area contributed by atoms with E-state index in [9.17, 15) is 4.79 Å². The Morgan fingerprint density at radius 2 is 2.17 bits per heavy atom. The van der Waals surface area contributed by atoms with Crippen molar-refractivity contribution in [3.05, 3.63) is 30.9 Å². The van der Waals surface area contributed by atoms with Crippen LogP contribution in [0.5, 0.6) is 0 Å². The quantitative estimate of drug-likeness (QED) is 0.459. The monoisotopic (exact) mass is 256 g/mol. The van der Waals surface area contributed by atoms with Gasteiger partial charge in [0.2, 0.25) is 0 Å². The molecule has 0 fully saturated rings. The van der Waals surface area contributed by atoms with Crippen LogP contribution in [0, 0.1) is 6.92 Å². The molecule has 0 aromatic rings. The van der Waals surface area contributed by atoms with Crippen LogP contribution in [0.15, 0.2) is 24.0 Å². The van der Waals surface area contributed by atoms with Gasteiger partial charge in [-0.15, -0.1) is 0 Å². The fourth-order valence-corrected chi connectivity index (χ4v) is 0.272. The van der Waals surface area contributed by atoms with Gasteiger partial charge in [-0.05, 0) is 6.29 Å². The molecular formula is C8H10Co2O2-2. The Hall–Kier alpha value is -0.297. The van der Waals surface area contributed by atoms with Gasteiger partial charge in [0.05, 0.1) is 0 Å². The van der Waals surface area contributed by atoms with Gasteiger partial charge < -0.3 is 9.90 Å². The van der Waals surface area contributed by atoms with E-state index in [1.807, 2.05) is 0 Å². The van der Waals surface area contributed by atoms with Gasteiger partial charge in [0.1, 0.15) is 0 Å². The molecule has 0 aliphatic rings. The first kappa shape index (κ1) is 17.7. The zero-order chi connectivity index (χ0) is 9.11. The molecule has 0 heterocycles. The number of aliphatic hydroxyl groups excluding tert-OH is 1. The van der Waals surface area contributed by atoms with E-state index in [0.717, 1.165) is 6.08 Å². The van der Waals surface area contributed by atoms with Gasteiger partial charge in [-0.25, -0.2) is 0 Å². The zero-order valence-electron chi connectivity index (χ0n) is 6.54. The molecule has 0 aromatic heterocycles. The van der Waals surface area contributed by atoms with E-state index in [4.69, 9.17) is 5.11 Å². The van der Waals surface area contributed by atoms with Crippen molar-refractivity contribution < 1.29 is 42.0 Å². The Morgan fingerprint density at radius 3 is 2.17 bits per heavy atom. The van der Waals surface area contributed by atoms with Gasteiger partial charge in [0.15, 0.2) is 0 Å². The fourth-order valence-electron chi connectivity index (χ4n) is 0.131. The fraction of sp³-hybridized carbons (Fsp3) is 0.125. The van der Waals surface area contributed by atoms with Crippen molar-refractivity contribution in [1.82, 2.24) is 0 Å². The number of rotatable bonds is 2. The molecular weight excluding hydrogens is 246 g/mol. The Bertz CT molecular complexity index is 158. The molecule has 0 unspecified atom stereocenters. The Labute approximate surface area is 91.1 Å². The third kappa shape index (κ3) is 33.2. The number of carbonyl (C=O) groups excluding carboxylic acids is 1. The van der Waals surface area contributed by atoms with E-state index in [0.29, 0.717) is 0 Å². The van der Waals surface area contributed by atoms with Crippen molar-refractivity contribution in [2.75, 3.05) is 0 Å². The van der Waals surface area contributed by atoms with Gasteiger partial charge >= 0.3 is 39.3 Å². The molecule has 0 spiro atoms. The average Bonchev–Trinajstić information content (AvgIpc) is 1.90. The Kier molecular flexibility index (Phi) is 25.0. The summed E-state index contributed by atoms with van der Waals surface area (Å²) in [6.07, 6.45) is 5.79. The Balaban J connectivity index is -0.000000126. The molecule has 0 rings (SSSR count). The predicted octanol–water partition coefficient (Wildman–Crippen LogP) is 1.28. The number of allylic oxidation sites excluding steroid dienone is 4. The van der Waals surface area contributed by atoms with Crippen LogP contribution in [0.2, 0.25) is 0 Å². The summed E-state index contributed by atoms with van der Waals surface area (Å²) in [4.78, 5) is 10.9. The van der Waals surface area contributed by atoms with Gasteiger partial charge in [0, 0.05) is 16.8 Å². The molecule has 0 atom stereocenters. The van der Waals surface area contributed by atoms with E-state index in [1.54, 1.807) is 17.1 Å². The predicted molar refractivity (Wildman–Crippen MR) is 42.6 cm³/mol. The largest absolute Gasteiger partial charge is 0 e. The van der Waals surface area contributed by atoms with E-state index in [-0.39, 0.29) is 22.5 Å².